The van der Waals surface area contributed by atoms with E-state index in [0.29, 0.717) is 19.5 Å². The highest BCUT2D eigenvalue weighted by molar-refractivity contribution is 5.99. The van der Waals surface area contributed by atoms with Crippen molar-refractivity contribution in [3.63, 3.8) is 0 Å². The van der Waals surface area contributed by atoms with Gasteiger partial charge in [-0.3, -0.25) is 24.4 Å². The van der Waals surface area contributed by atoms with Gasteiger partial charge in [0, 0.05) is 47.8 Å². The summed E-state index contributed by atoms with van der Waals surface area (Å²) in [7, 11) is 1.96. The van der Waals surface area contributed by atoms with Crippen LogP contribution in [0.1, 0.15) is 38.2 Å². The first kappa shape index (κ1) is 22.7. The van der Waals surface area contributed by atoms with Crippen molar-refractivity contribution in [2.24, 2.45) is 5.41 Å². The van der Waals surface area contributed by atoms with Crippen LogP contribution in [0, 0.1) is 5.41 Å². The highest BCUT2D eigenvalue weighted by Gasteiger charge is 2.65. The summed E-state index contributed by atoms with van der Waals surface area (Å²) in [5.74, 6) is 0.244. The Morgan fingerprint density at radius 3 is 2.64 bits per heavy atom. The second-order valence-electron chi connectivity index (χ2n) is 10.4. The number of aromatic amines is 1. The maximum absolute atomic E-state index is 12.9. The zero-order valence-electron chi connectivity index (χ0n) is 20.7. The number of ketones is 1. The van der Waals surface area contributed by atoms with Gasteiger partial charge in [0.15, 0.2) is 0 Å². The molecule has 2 amide bonds. The number of carbonyl (C=O) groups is 3. The maximum atomic E-state index is 12.9. The minimum absolute atomic E-state index is 0.00516. The smallest absolute Gasteiger partial charge is 0.241 e. The predicted molar refractivity (Wildman–Crippen MR) is 137 cm³/mol. The van der Waals surface area contributed by atoms with Crippen LogP contribution in [-0.4, -0.2) is 59.4 Å². The number of likely N-dealkylation sites (N-methyl/N-ethyl adjacent to an activating group) is 1. The Balaban J connectivity index is 1.26. The van der Waals surface area contributed by atoms with E-state index in [1.54, 1.807) is 6.92 Å². The van der Waals surface area contributed by atoms with E-state index in [2.05, 4.69) is 33.7 Å². The number of Topliss-reactive ketones (excluding diaryl/α,β-unsaturated/α-hetero) is 1. The summed E-state index contributed by atoms with van der Waals surface area (Å²) < 4.78 is 0. The number of aromatic nitrogens is 2. The molecule has 3 aromatic rings. The fourth-order valence-corrected chi connectivity index (χ4v) is 5.96. The van der Waals surface area contributed by atoms with Crippen molar-refractivity contribution < 1.29 is 14.4 Å². The topological polar surface area (TPSA) is 98.4 Å². The molecule has 2 atom stereocenters. The van der Waals surface area contributed by atoms with Gasteiger partial charge in [-0.15, -0.1) is 0 Å². The Kier molecular flexibility index (Phi) is 5.12. The van der Waals surface area contributed by atoms with Gasteiger partial charge in [-0.1, -0.05) is 24.3 Å². The van der Waals surface area contributed by atoms with Crippen molar-refractivity contribution >= 4 is 34.2 Å². The first-order valence-electron chi connectivity index (χ1n) is 12.4. The second-order valence-corrected chi connectivity index (χ2v) is 10.4. The fourth-order valence-electron chi connectivity index (χ4n) is 5.96. The van der Waals surface area contributed by atoms with Crippen molar-refractivity contribution in [1.82, 2.24) is 20.4 Å². The van der Waals surface area contributed by atoms with Gasteiger partial charge in [0.1, 0.15) is 5.78 Å². The number of nitrogens with one attached hydrogen (secondary N) is 2. The number of amides is 2. The van der Waals surface area contributed by atoms with Crippen LogP contribution < -0.4 is 10.2 Å². The lowest BCUT2D eigenvalue weighted by atomic mass is 9.88. The molecule has 36 heavy (non-hydrogen) atoms. The number of piperazine rings is 1. The number of anilines is 1. The van der Waals surface area contributed by atoms with Crippen LogP contribution in [0.2, 0.25) is 0 Å². The molecule has 184 valence electrons. The Morgan fingerprint density at radius 2 is 1.92 bits per heavy atom. The molecule has 1 aliphatic carbocycles. The van der Waals surface area contributed by atoms with Crippen molar-refractivity contribution in [2.75, 3.05) is 31.6 Å². The number of benzene rings is 2. The van der Waals surface area contributed by atoms with E-state index in [9.17, 15) is 14.4 Å². The van der Waals surface area contributed by atoms with E-state index in [4.69, 9.17) is 0 Å². The van der Waals surface area contributed by atoms with Crippen LogP contribution in [0.5, 0.6) is 0 Å². The number of allylic oxidation sites excluding steroid dienone is 1. The summed E-state index contributed by atoms with van der Waals surface area (Å²) in [4.78, 5) is 41.0. The third kappa shape index (κ3) is 3.47. The Bertz CT molecular complexity index is 1450. The minimum Gasteiger partial charge on any atom is -0.329 e. The van der Waals surface area contributed by atoms with Gasteiger partial charge in [0.05, 0.1) is 23.2 Å². The van der Waals surface area contributed by atoms with Crippen molar-refractivity contribution in [2.45, 2.75) is 32.6 Å². The molecule has 2 unspecified atom stereocenters. The summed E-state index contributed by atoms with van der Waals surface area (Å²) >= 11 is 0. The van der Waals surface area contributed by atoms with E-state index in [1.807, 2.05) is 48.0 Å². The van der Waals surface area contributed by atoms with Crippen LogP contribution in [0.15, 0.2) is 53.7 Å². The van der Waals surface area contributed by atoms with Crippen molar-refractivity contribution in [3.05, 3.63) is 59.3 Å². The zero-order valence-corrected chi connectivity index (χ0v) is 20.7. The van der Waals surface area contributed by atoms with E-state index >= 15 is 0 Å². The molecular weight excluding hydrogens is 454 g/mol. The molecule has 2 N–H and O–H groups in total. The lowest BCUT2D eigenvalue weighted by Crippen LogP contribution is -2.48. The molecule has 1 saturated heterocycles. The molecule has 8 heteroatoms. The van der Waals surface area contributed by atoms with E-state index in [0.717, 1.165) is 57.6 Å². The standard InChI is InChI=1S/C28H29N5O3/c1-16(34)12-22-17(2)29-27(36)28(22)14-23(28)19-6-9-21-24(13-19)30-31-26(21)18-4-7-20(8-5-18)33-11-10-32(3)15-25(33)35/h4-9,13,23H,10-12,14-15H2,1-3H3,(H,29,36)(H,30,31). The molecule has 2 aliphatic heterocycles. The minimum atomic E-state index is -0.594. The molecule has 2 aromatic carbocycles. The van der Waals surface area contributed by atoms with Crippen molar-refractivity contribution in [1.29, 1.82) is 0 Å². The number of H-pyrrole nitrogens is 1. The first-order chi connectivity index (χ1) is 17.3. The SMILES string of the molecule is CC(=O)CC1=C(C)NC(=O)C12CC2c1ccc2c(-c3ccc(N4CCN(C)CC4=O)cc3)n[nH]c2c1. The van der Waals surface area contributed by atoms with Gasteiger partial charge >= 0.3 is 0 Å². The molecular formula is C28H29N5O3. The third-order valence-electron chi connectivity index (χ3n) is 7.94. The normalized spacial score (nSPS) is 24.2. The Labute approximate surface area is 209 Å². The second kappa shape index (κ2) is 8.13. The van der Waals surface area contributed by atoms with Crippen LogP contribution in [0.25, 0.3) is 22.2 Å². The Morgan fingerprint density at radius 1 is 1.14 bits per heavy atom. The van der Waals surface area contributed by atoms with Crippen LogP contribution in [0.4, 0.5) is 5.69 Å². The fraction of sp³-hybridized carbons (Fsp3) is 0.357. The number of carbonyl (C=O) groups excluding carboxylic acids is 3. The quantitative estimate of drug-likeness (QED) is 0.580. The molecule has 8 nitrogen and oxygen atoms in total. The monoisotopic (exact) mass is 483 g/mol. The number of fused-ring (bicyclic) bond motifs is 1. The Hall–Kier alpha value is -3.78. The summed E-state index contributed by atoms with van der Waals surface area (Å²) in [5.41, 5.74) is 5.88. The number of rotatable bonds is 5. The average Bonchev–Trinajstić information content (AvgIpc) is 3.39. The summed E-state index contributed by atoms with van der Waals surface area (Å²) in [6.45, 7) is 5.43. The number of nitrogens with zero attached hydrogens (tertiary/aromatic N) is 3. The van der Waals surface area contributed by atoms with Gasteiger partial charge in [-0.05, 0) is 56.7 Å². The van der Waals surface area contributed by atoms with Gasteiger partial charge in [0.2, 0.25) is 11.8 Å². The highest BCUT2D eigenvalue weighted by Crippen LogP contribution is 2.67. The highest BCUT2D eigenvalue weighted by atomic mass is 16.2. The lowest BCUT2D eigenvalue weighted by molar-refractivity contribution is -0.123. The van der Waals surface area contributed by atoms with Gasteiger partial charge in [-0.2, -0.15) is 5.10 Å². The van der Waals surface area contributed by atoms with E-state index < -0.39 is 5.41 Å². The molecule has 1 saturated carbocycles. The number of hydrogen-bond donors (Lipinski definition) is 2. The third-order valence-corrected chi connectivity index (χ3v) is 7.94. The van der Waals surface area contributed by atoms with Gasteiger partial charge in [-0.25, -0.2) is 0 Å². The summed E-state index contributed by atoms with van der Waals surface area (Å²) in [6.07, 6.45) is 1.03. The lowest BCUT2D eigenvalue weighted by Gasteiger charge is -2.32. The average molecular weight is 484 g/mol. The molecule has 3 aliphatic rings. The molecule has 6 rings (SSSR count). The molecule has 1 aromatic heterocycles. The van der Waals surface area contributed by atoms with E-state index in [1.165, 1.54) is 0 Å². The zero-order chi connectivity index (χ0) is 25.2. The largest absolute Gasteiger partial charge is 0.329 e. The molecule has 2 fully saturated rings. The van der Waals surface area contributed by atoms with Crippen molar-refractivity contribution in [3.8, 4) is 11.3 Å². The predicted octanol–water partition coefficient (Wildman–Crippen LogP) is 3.36. The summed E-state index contributed by atoms with van der Waals surface area (Å²) in [5, 5.41) is 11.7. The maximum Gasteiger partial charge on any atom is 0.241 e. The summed E-state index contributed by atoms with van der Waals surface area (Å²) in [6, 6.07) is 14.2. The van der Waals surface area contributed by atoms with E-state index in [-0.39, 0.29) is 23.5 Å². The van der Waals surface area contributed by atoms with Gasteiger partial charge < -0.3 is 10.2 Å². The first-order valence-corrected chi connectivity index (χ1v) is 12.4. The van der Waals surface area contributed by atoms with Crippen LogP contribution in [0.3, 0.4) is 0 Å². The molecule has 1 spiro atoms. The molecule has 0 radical (unpaired) electrons. The molecule has 0 bridgehead atoms. The molecule has 3 heterocycles. The number of hydrogen-bond acceptors (Lipinski definition) is 5. The van der Waals surface area contributed by atoms with Crippen LogP contribution >= 0.6 is 0 Å². The van der Waals surface area contributed by atoms with Crippen LogP contribution in [-0.2, 0) is 14.4 Å². The van der Waals surface area contributed by atoms with Gasteiger partial charge in [0.25, 0.3) is 0 Å².